The molecule has 0 fully saturated rings. The Labute approximate surface area is 121 Å². The van der Waals surface area contributed by atoms with Crippen molar-refractivity contribution in [1.29, 1.82) is 0 Å². The highest BCUT2D eigenvalue weighted by atomic mass is 16.5. The zero-order chi connectivity index (χ0) is 14.4. The number of methoxy groups -OCH3 is 1. The van der Waals surface area contributed by atoms with E-state index in [9.17, 15) is 4.79 Å². The van der Waals surface area contributed by atoms with Gasteiger partial charge in [0.05, 0.1) is 0 Å². The molecule has 1 aromatic rings. The quantitative estimate of drug-likeness (QED) is 0.774. The molecule has 0 spiro atoms. The van der Waals surface area contributed by atoms with Crippen LogP contribution >= 0.6 is 0 Å². The fourth-order valence-corrected chi connectivity index (χ4v) is 2.73. The Kier molecular flexibility index (Phi) is 5.56. The topological polar surface area (TPSA) is 41.6 Å². The van der Waals surface area contributed by atoms with Gasteiger partial charge in [0, 0.05) is 38.4 Å². The van der Waals surface area contributed by atoms with Gasteiger partial charge in [0.25, 0.3) is 0 Å². The molecule has 0 radical (unpaired) electrons. The van der Waals surface area contributed by atoms with Gasteiger partial charge in [0.1, 0.15) is 0 Å². The summed E-state index contributed by atoms with van der Waals surface area (Å²) in [5.41, 5.74) is 2.37. The summed E-state index contributed by atoms with van der Waals surface area (Å²) in [7, 11) is 1.70. The van der Waals surface area contributed by atoms with E-state index < -0.39 is 0 Å². The number of amides is 1. The van der Waals surface area contributed by atoms with Crippen molar-refractivity contribution in [1.82, 2.24) is 5.32 Å². The molecule has 0 saturated carbocycles. The molecule has 4 nitrogen and oxygen atoms in total. The predicted octanol–water partition coefficient (Wildman–Crippen LogP) is 1.98. The molecule has 0 aliphatic carbocycles. The van der Waals surface area contributed by atoms with Crippen LogP contribution in [0.5, 0.6) is 0 Å². The third-order valence-corrected chi connectivity index (χ3v) is 3.69. The number of hydrogen-bond acceptors (Lipinski definition) is 3. The van der Waals surface area contributed by atoms with E-state index in [1.165, 1.54) is 5.56 Å². The lowest BCUT2D eigenvalue weighted by Crippen LogP contribution is -2.37. The minimum Gasteiger partial charge on any atom is -0.385 e. The van der Waals surface area contributed by atoms with Crippen LogP contribution in [-0.2, 0) is 16.0 Å². The molecule has 1 unspecified atom stereocenters. The van der Waals surface area contributed by atoms with Gasteiger partial charge in [-0.3, -0.25) is 4.79 Å². The number of hydrogen-bond donors (Lipinski definition) is 1. The SMILES string of the molecule is COCCCNCCC(=O)N1c2ccccc2CC1C. The van der Waals surface area contributed by atoms with Gasteiger partial charge in [-0.15, -0.1) is 0 Å². The molecule has 0 aromatic heterocycles. The Hall–Kier alpha value is -1.39. The summed E-state index contributed by atoms with van der Waals surface area (Å²) in [5.74, 6) is 0.210. The van der Waals surface area contributed by atoms with E-state index in [2.05, 4.69) is 18.3 Å². The first-order valence-electron chi connectivity index (χ1n) is 7.33. The van der Waals surface area contributed by atoms with Crippen LogP contribution in [0.4, 0.5) is 5.69 Å². The summed E-state index contributed by atoms with van der Waals surface area (Å²) in [6.07, 6.45) is 2.49. The number of ether oxygens (including phenoxy) is 1. The summed E-state index contributed by atoms with van der Waals surface area (Å²) in [6.45, 7) is 4.50. The zero-order valence-corrected chi connectivity index (χ0v) is 12.4. The Bertz CT molecular complexity index is 448. The number of benzene rings is 1. The largest absolute Gasteiger partial charge is 0.385 e. The fraction of sp³-hybridized carbons (Fsp3) is 0.562. The minimum atomic E-state index is 0.210. The molecular weight excluding hydrogens is 252 g/mol. The Morgan fingerprint density at radius 1 is 1.40 bits per heavy atom. The molecule has 0 bridgehead atoms. The van der Waals surface area contributed by atoms with Gasteiger partial charge in [-0.1, -0.05) is 18.2 Å². The molecule has 2 rings (SSSR count). The van der Waals surface area contributed by atoms with Crippen LogP contribution in [0.1, 0.15) is 25.3 Å². The van der Waals surface area contributed by atoms with Crippen molar-refractivity contribution in [2.24, 2.45) is 0 Å². The maximum atomic E-state index is 12.4. The molecular formula is C16H24N2O2. The first-order chi connectivity index (χ1) is 9.74. The lowest BCUT2D eigenvalue weighted by Gasteiger charge is -2.22. The summed E-state index contributed by atoms with van der Waals surface area (Å²) in [5, 5.41) is 3.29. The van der Waals surface area contributed by atoms with Crippen LogP contribution in [0.3, 0.4) is 0 Å². The number of para-hydroxylation sites is 1. The van der Waals surface area contributed by atoms with Crippen LogP contribution in [0.25, 0.3) is 0 Å². The number of carbonyl (C=O) groups excluding carboxylic acids is 1. The molecule has 1 aliphatic heterocycles. The van der Waals surface area contributed by atoms with Crippen LogP contribution in [0, 0.1) is 0 Å². The predicted molar refractivity (Wildman–Crippen MR) is 81.1 cm³/mol. The first kappa shape index (κ1) is 15.0. The van der Waals surface area contributed by atoms with E-state index in [1.807, 2.05) is 23.1 Å². The van der Waals surface area contributed by atoms with Gasteiger partial charge in [-0.25, -0.2) is 0 Å². The highest BCUT2D eigenvalue weighted by molar-refractivity contribution is 5.96. The average Bonchev–Trinajstić information content (AvgIpc) is 2.78. The number of nitrogens with zero attached hydrogens (tertiary/aromatic N) is 1. The van der Waals surface area contributed by atoms with Gasteiger partial charge in [0.2, 0.25) is 5.91 Å². The molecule has 1 N–H and O–H groups in total. The van der Waals surface area contributed by atoms with Crippen molar-refractivity contribution < 1.29 is 9.53 Å². The van der Waals surface area contributed by atoms with E-state index in [4.69, 9.17) is 4.74 Å². The molecule has 110 valence electrons. The molecule has 4 heteroatoms. The number of nitrogens with one attached hydrogen (secondary N) is 1. The third-order valence-electron chi connectivity index (χ3n) is 3.69. The third kappa shape index (κ3) is 3.58. The Balaban J connectivity index is 1.81. The summed E-state index contributed by atoms with van der Waals surface area (Å²) in [6, 6.07) is 8.47. The Morgan fingerprint density at radius 2 is 2.20 bits per heavy atom. The van der Waals surface area contributed by atoms with E-state index in [-0.39, 0.29) is 11.9 Å². The summed E-state index contributed by atoms with van der Waals surface area (Å²) >= 11 is 0. The normalized spacial score (nSPS) is 17.3. The fourth-order valence-electron chi connectivity index (χ4n) is 2.73. The molecule has 0 saturated heterocycles. The van der Waals surface area contributed by atoms with Crippen molar-refractivity contribution in [2.75, 3.05) is 31.7 Å². The van der Waals surface area contributed by atoms with E-state index in [0.29, 0.717) is 6.42 Å². The van der Waals surface area contributed by atoms with E-state index >= 15 is 0 Å². The van der Waals surface area contributed by atoms with Crippen molar-refractivity contribution in [3.05, 3.63) is 29.8 Å². The maximum absolute atomic E-state index is 12.4. The smallest absolute Gasteiger partial charge is 0.228 e. The number of anilines is 1. The van der Waals surface area contributed by atoms with Crippen LogP contribution in [0.2, 0.25) is 0 Å². The van der Waals surface area contributed by atoms with Crippen LogP contribution in [0.15, 0.2) is 24.3 Å². The van der Waals surface area contributed by atoms with Gasteiger partial charge < -0.3 is 15.0 Å². The van der Waals surface area contributed by atoms with Crippen molar-refractivity contribution in [2.45, 2.75) is 32.2 Å². The lowest BCUT2D eigenvalue weighted by atomic mass is 10.1. The molecule has 1 heterocycles. The van der Waals surface area contributed by atoms with Crippen molar-refractivity contribution in [3.63, 3.8) is 0 Å². The second-order valence-corrected chi connectivity index (χ2v) is 5.29. The molecule has 1 amide bonds. The van der Waals surface area contributed by atoms with Crippen LogP contribution < -0.4 is 10.2 Å². The first-order valence-corrected chi connectivity index (χ1v) is 7.33. The van der Waals surface area contributed by atoms with E-state index in [0.717, 1.165) is 38.2 Å². The van der Waals surface area contributed by atoms with Crippen LogP contribution in [-0.4, -0.2) is 38.8 Å². The van der Waals surface area contributed by atoms with E-state index in [1.54, 1.807) is 7.11 Å². The highest BCUT2D eigenvalue weighted by Gasteiger charge is 2.29. The lowest BCUT2D eigenvalue weighted by molar-refractivity contribution is -0.118. The maximum Gasteiger partial charge on any atom is 0.228 e. The van der Waals surface area contributed by atoms with Crippen molar-refractivity contribution >= 4 is 11.6 Å². The zero-order valence-electron chi connectivity index (χ0n) is 12.4. The second kappa shape index (κ2) is 7.41. The minimum absolute atomic E-state index is 0.210. The van der Waals surface area contributed by atoms with Gasteiger partial charge in [-0.2, -0.15) is 0 Å². The highest BCUT2D eigenvalue weighted by Crippen LogP contribution is 2.32. The van der Waals surface area contributed by atoms with Gasteiger partial charge >= 0.3 is 0 Å². The summed E-state index contributed by atoms with van der Waals surface area (Å²) < 4.78 is 4.99. The average molecular weight is 276 g/mol. The summed E-state index contributed by atoms with van der Waals surface area (Å²) in [4.78, 5) is 14.3. The second-order valence-electron chi connectivity index (χ2n) is 5.29. The van der Waals surface area contributed by atoms with Gasteiger partial charge in [0.15, 0.2) is 0 Å². The molecule has 1 aliphatic rings. The monoisotopic (exact) mass is 276 g/mol. The Morgan fingerprint density at radius 3 is 3.00 bits per heavy atom. The van der Waals surface area contributed by atoms with Crippen molar-refractivity contribution in [3.8, 4) is 0 Å². The molecule has 1 atom stereocenters. The number of carbonyl (C=O) groups is 1. The standard InChI is InChI=1S/C16H24N2O2/c1-13-12-14-6-3-4-7-15(14)18(13)16(19)8-10-17-9-5-11-20-2/h3-4,6-7,13,17H,5,8-12H2,1-2H3. The van der Waals surface area contributed by atoms with Gasteiger partial charge in [-0.05, 0) is 37.9 Å². The molecule has 1 aromatic carbocycles. The molecule has 20 heavy (non-hydrogen) atoms. The number of fused-ring (bicyclic) bond motifs is 1. The number of rotatable bonds is 7.